The molecule has 0 bridgehead atoms. The van der Waals surface area contributed by atoms with E-state index >= 15 is 0 Å². The number of aryl methyl sites for hydroxylation is 2. The van der Waals surface area contributed by atoms with E-state index in [-0.39, 0.29) is 4.90 Å². The van der Waals surface area contributed by atoms with Crippen LogP contribution in [-0.4, -0.2) is 8.42 Å². The maximum absolute atomic E-state index is 12.4. The highest BCUT2D eigenvalue weighted by Gasteiger charge is 2.18. The molecule has 2 rings (SSSR count). The molecule has 0 unspecified atom stereocenters. The summed E-state index contributed by atoms with van der Waals surface area (Å²) in [4.78, 5) is 0.173. The van der Waals surface area contributed by atoms with Crippen LogP contribution < -0.4 is 10.5 Å². The van der Waals surface area contributed by atoms with E-state index in [0.29, 0.717) is 22.0 Å². The first-order chi connectivity index (χ1) is 9.29. The molecule has 0 aliphatic carbocycles. The molecule has 0 atom stereocenters. The van der Waals surface area contributed by atoms with Gasteiger partial charge in [-0.3, -0.25) is 4.72 Å². The molecule has 0 aromatic heterocycles. The molecule has 2 aromatic rings. The molecule has 0 radical (unpaired) electrons. The largest absolute Gasteiger partial charge is 0.399 e. The highest BCUT2D eigenvalue weighted by Crippen LogP contribution is 2.25. The topological polar surface area (TPSA) is 72.2 Å². The number of halogens is 1. The van der Waals surface area contributed by atoms with Gasteiger partial charge in [0.25, 0.3) is 10.0 Å². The van der Waals surface area contributed by atoms with Crippen molar-refractivity contribution in [2.45, 2.75) is 18.7 Å². The lowest BCUT2D eigenvalue weighted by Gasteiger charge is -2.13. The van der Waals surface area contributed by atoms with Crippen molar-refractivity contribution in [1.82, 2.24) is 0 Å². The Hall–Kier alpha value is -1.72. The van der Waals surface area contributed by atoms with Crippen molar-refractivity contribution in [1.29, 1.82) is 0 Å². The van der Waals surface area contributed by atoms with Crippen LogP contribution in [0.2, 0.25) is 5.02 Å². The molecular formula is C14H15ClN2O2S. The average molecular weight is 311 g/mol. The normalized spacial score (nSPS) is 11.3. The van der Waals surface area contributed by atoms with E-state index in [0.717, 1.165) is 5.56 Å². The zero-order valence-corrected chi connectivity index (χ0v) is 12.7. The highest BCUT2D eigenvalue weighted by atomic mass is 35.5. The Morgan fingerprint density at radius 3 is 2.40 bits per heavy atom. The number of nitrogen functional groups attached to an aromatic ring is 1. The molecule has 2 aromatic carbocycles. The van der Waals surface area contributed by atoms with Crippen molar-refractivity contribution in [2.24, 2.45) is 0 Å². The monoisotopic (exact) mass is 310 g/mol. The Kier molecular flexibility index (Phi) is 3.92. The summed E-state index contributed by atoms with van der Waals surface area (Å²) in [5.74, 6) is 0. The standard InChI is InChI=1S/C14H15ClN2O2S/c1-9-3-5-12(16)8-14(9)20(18,19)17-13-6-4-11(15)7-10(13)2/h3-8,17H,16H2,1-2H3. The van der Waals surface area contributed by atoms with E-state index in [1.54, 1.807) is 44.2 Å². The first-order valence-electron chi connectivity index (χ1n) is 5.95. The van der Waals surface area contributed by atoms with E-state index < -0.39 is 10.0 Å². The van der Waals surface area contributed by atoms with Crippen LogP contribution in [-0.2, 0) is 10.0 Å². The van der Waals surface area contributed by atoms with Gasteiger partial charge in [0.15, 0.2) is 0 Å². The van der Waals surface area contributed by atoms with Gasteiger partial charge in [-0.25, -0.2) is 8.42 Å². The molecule has 0 aliphatic heterocycles. The summed E-state index contributed by atoms with van der Waals surface area (Å²) in [6, 6.07) is 9.77. The first-order valence-corrected chi connectivity index (χ1v) is 7.81. The lowest BCUT2D eigenvalue weighted by molar-refractivity contribution is 0.600. The van der Waals surface area contributed by atoms with E-state index in [1.165, 1.54) is 6.07 Å². The zero-order valence-electron chi connectivity index (χ0n) is 11.1. The second-order valence-corrected chi connectivity index (χ2v) is 6.68. The van der Waals surface area contributed by atoms with Gasteiger partial charge in [0.1, 0.15) is 0 Å². The molecule has 4 nitrogen and oxygen atoms in total. The minimum absolute atomic E-state index is 0.173. The molecule has 0 amide bonds. The van der Waals surface area contributed by atoms with Gasteiger partial charge in [-0.1, -0.05) is 17.7 Å². The number of nitrogens with two attached hydrogens (primary N) is 1. The van der Waals surface area contributed by atoms with Crippen LogP contribution >= 0.6 is 11.6 Å². The van der Waals surface area contributed by atoms with Crippen LogP contribution in [0, 0.1) is 13.8 Å². The van der Waals surface area contributed by atoms with Gasteiger partial charge in [0.05, 0.1) is 10.6 Å². The summed E-state index contributed by atoms with van der Waals surface area (Å²) in [5.41, 5.74) is 7.95. The minimum atomic E-state index is -3.67. The number of benzene rings is 2. The second-order valence-electron chi connectivity index (χ2n) is 4.59. The lowest BCUT2D eigenvalue weighted by Crippen LogP contribution is -2.15. The van der Waals surface area contributed by atoms with Crippen molar-refractivity contribution >= 4 is 33.0 Å². The summed E-state index contributed by atoms with van der Waals surface area (Å²) in [5, 5.41) is 0.561. The predicted octanol–water partition coefficient (Wildman–Crippen LogP) is 3.34. The van der Waals surface area contributed by atoms with Gasteiger partial charge in [-0.2, -0.15) is 0 Å². The Bertz CT molecular complexity index is 758. The summed E-state index contributed by atoms with van der Waals surface area (Å²) in [6.45, 7) is 3.51. The maximum Gasteiger partial charge on any atom is 0.262 e. The van der Waals surface area contributed by atoms with E-state index in [4.69, 9.17) is 17.3 Å². The number of hydrogen-bond donors (Lipinski definition) is 2. The summed E-state index contributed by atoms with van der Waals surface area (Å²) in [6.07, 6.45) is 0. The molecule has 20 heavy (non-hydrogen) atoms. The summed E-state index contributed by atoms with van der Waals surface area (Å²) >= 11 is 5.86. The third kappa shape index (κ3) is 3.05. The Morgan fingerprint density at radius 2 is 1.75 bits per heavy atom. The maximum atomic E-state index is 12.4. The summed E-state index contributed by atoms with van der Waals surface area (Å²) < 4.78 is 27.4. The van der Waals surface area contributed by atoms with Crippen molar-refractivity contribution in [3.05, 3.63) is 52.5 Å². The molecule has 0 fully saturated rings. The van der Waals surface area contributed by atoms with Gasteiger partial charge < -0.3 is 5.73 Å². The molecule has 0 heterocycles. The van der Waals surface area contributed by atoms with Gasteiger partial charge >= 0.3 is 0 Å². The zero-order chi connectivity index (χ0) is 14.9. The predicted molar refractivity (Wildman–Crippen MR) is 82.6 cm³/mol. The fraction of sp³-hybridized carbons (Fsp3) is 0.143. The second kappa shape index (κ2) is 5.34. The van der Waals surface area contributed by atoms with Crippen molar-refractivity contribution < 1.29 is 8.42 Å². The van der Waals surface area contributed by atoms with Crippen molar-refractivity contribution in [3.63, 3.8) is 0 Å². The fourth-order valence-electron chi connectivity index (χ4n) is 1.85. The number of sulfonamides is 1. The van der Waals surface area contributed by atoms with Gasteiger partial charge in [-0.15, -0.1) is 0 Å². The molecule has 6 heteroatoms. The van der Waals surface area contributed by atoms with Crippen LogP contribution in [0.5, 0.6) is 0 Å². The quantitative estimate of drug-likeness (QED) is 0.854. The Balaban J connectivity index is 2.43. The highest BCUT2D eigenvalue weighted by molar-refractivity contribution is 7.92. The van der Waals surface area contributed by atoms with Crippen molar-refractivity contribution in [3.8, 4) is 0 Å². The lowest BCUT2D eigenvalue weighted by atomic mass is 10.2. The molecule has 0 spiro atoms. The van der Waals surface area contributed by atoms with Crippen LogP contribution in [0.25, 0.3) is 0 Å². The molecule has 0 saturated heterocycles. The Labute approximate surface area is 123 Å². The number of nitrogens with one attached hydrogen (secondary N) is 1. The van der Waals surface area contributed by atoms with E-state index in [9.17, 15) is 8.42 Å². The fourth-order valence-corrected chi connectivity index (χ4v) is 3.49. The number of rotatable bonds is 3. The third-order valence-corrected chi connectivity index (χ3v) is 4.68. The van der Waals surface area contributed by atoms with Crippen molar-refractivity contribution in [2.75, 3.05) is 10.5 Å². The molecule has 0 aliphatic rings. The molecular weight excluding hydrogens is 296 g/mol. The van der Waals surface area contributed by atoms with Gasteiger partial charge in [0, 0.05) is 10.7 Å². The minimum Gasteiger partial charge on any atom is -0.399 e. The molecule has 0 saturated carbocycles. The van der Waals surface area contributed by atoms with E-state index in [2.05, 4.69) is 4.72 Å². The Morgan fingerprint density at radius 1 is 1.05 bits per heavy atom. The van der Waals surface area contributed by atoms with Gasteiger partial charge in [0.2, 0.25) is 0 Å². The van der Waals surface area contributed by atoms with Crippen LogP contribution in [0.15, 0.2) is 41.3 Å². The average Bonchev–Trinajstić information content (AvgIpc) is 2.35. The third-order valence-electron chi connectivity index (χ3n) is 2.93. The number of hydrogen-bond acceptors (Lipinski definition) is 3. The van der Waals surface area contributed by atoms with Gasteiger partial charge in [-0.05, 0) is 55.3 Å². The molecule has 3 N–H and O–H groups in total. The van der Waals surface area contributed by atoms with Crippen LogP contribution in [0.3, 0.4) is 0 Å². The SMILES string of the molecule is Cc1cc(Cl)ccc1NS(=O)(=O)c1cc(N)ccc1C. The summed E-state index contributed by atoms with van der Waals surface area (Å²) in [7, 11) is -3.67. The van der Waals surface area contributed by atoms with E-state index in [1.807, 2.05) is 0 Å². The smallest absolute Gasteiger partial charge is 0.262 e. The molecule has 106 valence electrons. The van der Waals surface area contributed by atoms with Crippen LogP contribution in [0.4, 0.5) is 11.4 Å². The number of anilines is 2. The first kappa shape index (κ1) is 14.7. The van der Waals surface area contributed by atoms with Crippen LogP contribution in [0.1, 0.15) is 11.1 Å².